The van der Waals surface area contributed by atoms with E-state index < -0.39 is 0 Å². The van der Waals surface area contributed by atoms with Crippen molar-refractivity contribution < 1.29 is 4.79 Å². The molecule has 0 spiro atoms. The van der Waals surface area contributed by atoms with E-state index in [4.69, 9.17) is 0 Å². The predicted octanol–water partition coefficient (Wildman–Crippen LogP) is 0.992. The molecular weight excluding hydrogens is 208 g/mol. The Balaban J connectivity index is 2.38. The summed E-state index contributed by atoms with van der Waals surface area (Å²) in [6.45, 7) is 8.02. The molecule has 0 bridgehead atoms. The first kappa shape index (κ1) is 13.0. The summed E-state index contributed by atoms with van der Waals surface area (Å²) in [5.74, 6) is 2.76. The van der Waals surface area contributed by atoms with Gasteiger partial charge in [0.1, 0.15) is 0 Å². The van der Waals surface area contributed by atoms with Gasteiger partial charge in [-0.25, -0.2) is 0 Å². The van der Waals surface area contributed by atoms with Crippen LogP contribution in [0.3, 0.4) is 0 Å². The number of ketones is 1. The van der Waals surface area contributed by atoms with E-state index in [1.807, 2.05) is 18.7 Å². The number of nitrogens with zero attached hydrogens (tertiary/aromatic N) is 1. The minimum atomic E-state index is 0.0445. The smallest absolute Gasteiger partial charge is 0.150 e. The predicted molar refractivity (Wildman–Crippen MR) is 66.5 cm³/mol. The van der Waals surface area contributed by atoms with Gasteiger partial charge in [-0.2, -0.15) is 11.8 Å². The second-order valence-electron chi connectivity index (χ2n) is 3.84. The Morgan fingerprint density at radius 2 is 2.07 bits per heavy atom. The molecule has 0 saturated carbocycles. The van der Waals surface area contributed by atoms with E-state index in [1.54, 1.807) is 0 Å². The summed E-state index contributed by atoms with van der Waals surface area (Å²) in [6.07, 6.45) is 0.639. The van der Waals surface area contributed by atoms with Crippen LogP contribution in [0.4, 0.5) is 0 Å². The zero-order chi connectivity index (χ0) is 11.1. The molecule has 3 nitrogen and oxygen atoms in total. The average Bonchev–Trinajstić information content (AvgIpc) is 2.29. The maximum absolute atomic E-state index is 11.7. The van der Waals surface area contributed by atoms with Gasteiger partial charge in [0, 0.05) is 37.6 Å². The Kier molecular flexibility index (Phi) is 6.29. The van der Waals surface area contributed by atoms with Gasteiger partial charge >= 0.3 is 0 Å². The molecular formula is C11H22N2OS. The van der Waals surface area contributed by atoms with Gasteiger partial charge in [0.25, 0.3) is 0 Å². The van der Waals surface area contributed by atoms with Crippen molar-refractivity contribution in [1.82, 2.24) is 10.2 Å². The van der Waals surface area contributed by atoms with Crippen LogP contribution >= 0.6 is 11.8 Å². The molecule has 1 saturated heterocycles. The van der Waals surface area contributed by atoms with Crippen LogP contribution in [0.25, 0.3) is 0 Å². The Bertz CT molecular complexity index is 193. The van der Waals surface area contributed by atoms with Crippen molar-refractivity contribution in [3.8, 4) is 0 Å². The topological polar surface area (TPSA) is 32.3 Å². The molecule has 1 rings (SSSR count). The van der Waals surface area contributed by atoms with Crippen LogP contribution in [0.1, 0.15) is 20.3 Å². The van der Waals surface area contributed by atoms with E-state index in [1.165, 1.54) is 11.5 Å². The minimum absolute atomic E-state index is 0.0445. The molecule has 1 unspecified atom stereocenters. The Morgan fingerprint density at radius 3 is 2.60 bits per heavy atom. The first-order valence-electron chi connectivity index (χ1n) is 5.84. The van der Waals surface area contributed by atoms with Crippen molar-refractivity contribution in [3.05, 3.63) is 0 Å². The summed E-state index contributed by atoms with van der Waals surface area (Å²) in [4.78, 5) is 14.1. The van der Waals surface area contributed by atoms with Gasteiger partial charge in [-0.1, -0.05) is 13.8 Å². The second kappa shape index (κ2) is 7.25. The number of likely N-dealkylation sites (N-methyl/N-ethyl adjacent to an activating group) is 1. The zero-order valence-corrected chi connectivity index (χ0v) is 10.6. The molecule has 0 radical (unpaired) electrons. The largest absolute Gasteiger partial charge is 0.307 e. The number of hydrogen-bond acceptors (Lipinski definition) is 4. The number of carbonyl (C=O) groups is 1. The highest BCUT2D eigenvalue weighted by Crippen LogP contribution is 2.09. The standard InChI is InChI=1S/C11H22N2OS/c1-3-11(14)10(12-4-2)9-13-5-7-15-8-6-13/h10,12H,3-9H2,1-2H3. The summed E-state index contributed by atoms with van der Waals surface area (Å²) in [7, 11) is 0. The SMILES string of the molecule is CCNC(CN1CCSCC1)C(=O)CC. The van der Waals surface area contributed by atoms with Crippen molar-refractivity contribution in [1.29, 1.82) is 0 Å². The molecule has 1 N–H and O–H groups in total. The van der Waals surface area contributed by atoms with E-state index >= 15 is 0 Å². The molecule has 1 aliphatic heterocycles. The van der Waals surface area contributed by atoms with Crippen molar-refractivity contribution in [3.63, 3.8) is 0 Å². The first-order valence-corrected chi connectivity index (χ1v) is 6.99. The maximum atomic E-state index is 11.7. The van der Waals surface area contributed by atoms with E-state index in [2.05, 4.69) is 17.1 Å². The number of nitrogens with one attached hydrogen (secondary N) is 1. The molecule has 4 heteroatoms. The van der Waals surface area contributed by atoms with Crippen molar-refractivity contribution >= 4 is 17.5 Å². The van der Waals surface area contributed by atoms with Crippen LogP contribution in [0, 0.1) is 0 Å². The number of carbonyl (C=O) groups excluding carboxylic acids is 1. The van der Waals surface area contributed by atoms with E-state index in [9.17, 15) is 4.79 Å². The number of thioether (sulfide) groups is 1. The molecule has 0 amide bonds. The normalized spacial score (nSPS) is 20.1. The molecule has 0 aromatic rings. The molecule has 0 aromatic heterocycles. The van der Waals surface area contributed by atoms with Crippen molar-refractivity contribution in [2.24, 2.45) is 0 Å². The third kappa shape index (κ3) is 4.53. The van der Waals surface area contributed by atoms with Crippen LogP contribution in [0.2, 0.25) is 0 Å². The molecule has 0 aliphatic carbocycles. The highest BCUT2D eigenvalue weighted by Gasteiger charge is 2.20. The lowest BCUT2D eigenvalue weighted by Gasteiger charge is -2.29. The first-order chi connectivity index (χ1) is 7.27. The molecule has 0 aromatic carbocycles. The highest BCUT2D eigenvalue weighted by molar-refractivity contribution is 7.99. The third-order valence-electron chi connectivity index (χ3n) is 2.73. The van der Waals surface area contributed by atoms with Gasteiger partial charge in [-0.15, -0.1) is 0 Å². The van der Waals surface area contributed by atoms with Crippen LogP contribution in [0.15, 0.2) is 0 Å². The van der Waals surface area contributed by atoms with Crippen LogP contribution in [0.5, 0.6) is 0 Å². The van der Waals surface area contributed by atoms with E-state index in [0.29, 0.717) is 12.2 Å². The Morgan fingerprint density at radius 1 is 1.40 bits per heavy atom. The molecule has 88 valence electrons. The summed E-state index contributed by atoms with van der Waals surface area (Å²) in [5.41, 5.74) is 0. The van der Waals surface area contributed by atoms with Gasteiger partial charge < -0.3 is 5.32 Å². The quantitative estimate of drug-likeness (QED) is 0.737. The van der Waals surface area contributed by atoms with Crippen LogP contribution < -0.4 is 5.32 Å². The summed E-state index contributed by atoms with van der Waals surface area (Å²) >= 11 is 2.01. The Labute approximate surface area is 97.0 Å². The number of hydrogen-bond donors (Lipinski definition) is 1. The fourth-order valence-corrected chi connectivity index (χ4v) is 2.79. The van der Waals surface area contributed by atoms with E-state index in [-0.39, 0.29) is 6.04 Å². The highest BCUT2D eigenvalue weighted by atomic mass is 32.2. The number of rotatable bonds is 6. The Hall–Kier alpha value is -0.0600. The molecule has 1 heterocycles. The van der Waals surface area contributed by atoms with Crippen molar-refractivity contribution in [2.75, 3.05) is 37.7 Å². The second-order valence-corrected chi connectivity index (χ2v) is 5.07. The molecule has 1 atom stereocenters. The lowest BCUT2D eigenvalue weighted by Crippen LogP contribution is -2.48. The zero-order valence-electron chi connectivity index (χ0n) is 9.79. The third-order valence-corrected chi connectivity index (χ3v) is 3.67. The van der Waals surface area contributed by atoms with E-state index in [0.717, 1.165) is 26.2 Å². The minimum Gasteiger partial charge on any atom is -0.307 e. The van der Waals surface area contributed by atoms with Gasteiger partial charge in [0.05, 0.1) is 6.04 Å². The monoisotopic (exact) mass is 230 g/mol. The van der Waals surface area contributed by atoms with Crippen LogP contribution in [-0.4, -0.2) is 54.4 Å². The fraction of sp³-hybridized carbons (Fsp3) is 0.909. The number of Topliss-reactive ketones (excluding diaryl/α,β-unsaturated/α-hetero) is 1. The summed E-state index contributed by atoms with van der Waals surface area (Å²) < 4.78 is 0. The molecule has 1 fully saturated rings. The lowest BCUT2D eigenvalue weighted by molar-refractivity contribution is -0.121. The van der Waals surface area contributed by atoms with Gasteiger partial charge in [-0.3, -0.25) is 9.69 Å². The van der Waals surface area contributed by atoms with Gasteiger partial charge in [-0.05, 0) is 6.54 Å². The fourth-order valence-electron chi connectivity index (χ4n) is 1.81. The van der Waals surface area contributed by atoms with Crippen LogP contribution in [-0.2, 0) is 4.79 Å². The average molecular weight is 230 g/mol. The summed E-state index contributed by atoms with van der Waals surface area (Å²) in [5, 5.41) is 3.28. The van der Waals surface area contributed by atoms with Gasteiger partial charge in [0.2, 0.25) is 0 Å². The molecule has 1 aliphatic rings. The maximum Gasteiger partial charge on any atom is 0.150 e. The summed E-state index contributed by atoms with van der Waals surface area (Å²) in [6, 6.07) is 0.0445. The van der Waals surface area contributed by atoms with Crippen molar-refractivity contribution in [2.45, 2.75) is 26.3 Å². The molecule has 15 heavy (non-hydrogen) atoms. The van der Waals surface area contributed by atoms with Gasteiger partial charge in [0.15, 0.2) is 5.78 Å². The lowest BCUT2D eigenvalue weighted by atomic mass is 10.1.